The highest BCUT2D eigenvalue weighted by Crippen LogP contribution is 2.11. The molecule has 0 aromatic heterocycles. The third-order valence-electron chi connectivity index (χ3n) is 1.88. The van der Waals surface area contributed by atoms with Crippen molar-refractivity contribution in [2.45, 2.75) is 6.92 Å². The molecular weight excluding hydrogens is 246 g/mol. The molecule has 3 heteroatoms. The maximum atomic E-state index is 12.0. The number of rotatable bonds is 0. The topological polar surface area (TPSA) is 0 Å². The molecule has 0 heterocycles. The van der Waals surface area contributed by atoms with Crippen molar-refractivity contribution in [2.75, 3.05) is 0 Å². The van der Waals surface area contributed by atoms with Crippen LogP contribution in [0.2, 0.25) is 10.0 Å². The average Bonchev–Trinajstić information content (AvgIpc) is 2.28. The smallest absolute Gasteiger partial charge is 0.123 e. The lowest BCUT2D eigenvalue weighted by molar-refractivity contribution is 0.628. The molecule has 0 aliphatic rings. The largest absolute Gasteiger partial charge is 0.207 e. The highest BCUT2D eigenvalue weighted by atomic mass is 35.5. The lowest BCUT2D eigenvalue weighted by Crippen LogP contribution is -1.68. The molecule has 84 valence electrons. The molecule has 0 aliphatic carbocycles. The van der Waals surface area contributed by atoms with Gasteiger partial charge < -0.3 is 0 Å². The molecule has 0 amide bonds. The maximum absolute atomic E-state index is 12.0. The molecule has 0 bridgehead atoms. The van der Waals surface area contributed by atoms with Crippen LogP contribution in [0, 0.1) is 12.7 Å². The van der Waals surface area contributed by atoms with Crippen LogP contribution in [0.5, 0.6) is 0 Å². The van der Waals surface area contributed by atoms with Crippen LogP contribution in [-0.2, 0) is 0 Å². The molecule has 2 aromatic rings. The van der Waals surface area contributed by atoms with Crippen molar-refractivity contribution in [3.05, 3.63) is 70.0 Å². The summed E-state index contributed by atoms with van der Waals surface area (Å²) in [6.07, 6.45) is 0. The van der Waals surface area contributed by atoms with Crippen LogP contribution >= 0.6 is 23.2 Å². The Morgan fingerprint density at radius 1 is 0.875 bits per heavy atom. The van der Waals surface area contributed by atoms with E-state index in [9.17, 15) is 4.39 Å². The second-order valence-electron chi connectivity index (χ2n) is 3.19. The molecule has 0 fully saturated rings. The Kier molecular flexibility index (Phi) is 5.30. The Bertz CT molecular complexity index is 396. The third-order valence-corrected chi connectivity index (χ3v) is 2.56. The minimum absolute atomic E-state index is 0.255. The first kappa shape index (κ1) is 13.0. The average molecular weight is 257 g/mol. The van der Waals surface area contributed by atoms with Crippen LogP contribution in [0.25, 0.3) is 0 Å². The van der Waals surface area contributed by atoms with Gasteiger partial charge in [0.2, 0.25) is 0 Å². The van der Waals surface area contributed by atoms with E-state index in [4.69, 9.17) is 23.2 Å². The fourth-order valence-electron chi connectivity index (χ4n) is 0.981. The van der Waals surface area contributed by atoms with Crippen molar-refractivity contribution < 1.29 is 4.39 Å². The third kappa shape index (κ3) is 4.65. The monoisotopic (exact) mass is 256 g/mol. The van der Waals surface area contributed by atoms with Gasteiger partial charge in [0, 0.05) is 10.0 Å². The fourth-order valence-corrected chi connectivity index (χ4v) is 1.24. The van der Waals surface area contributed by atoms with E-state index in [2.05, 4.69) is 0 Å². The van der Waals surface area contributed by atoms with Crippen LogP contribution in [0.1, 0.15) is 5.56 Å². The van der Waals surface area contributed by atoms with Gasteiger partial charge in [-0.15, -0.1) is 0 Å². The van der Waals surface area contributed by atoms with Gasteiger partial charge in [-0.1, -0.05) is 41.4 Å². The van der Waals surface area contributed by atoms with E-state index in [1.54, 1.807) is 0 Å². The summed E-state index contributed by atoms with van der Waals surface area (Å²) < 4.78 is 12.0. The first-order valence-corrected chi connectivity index (χ1v) is 5.47. The fraction of sp³-hybridized carbons (Fsp3) is 0.0769. The van der Waals surface area contributed by atoms with E-state index in [1.807, 2.05) is 31.2 Å². The summed E-state index contributed by atoms with van der Waals surface area (Å²) in [5.74, 6) is -0.255. The molecule has 0 saturated heterocycles. The quantitative estimate of drug-likeness (QED) is 0.613. The zero-order valence-electron chi connectivity index (χ0n) is 8.75. The number of hydrogen-bond donors (Lipinski definition) is 0. The predicted octanol–water partition coefficient (Wildman–Crippen LogP) is 5.13. The molecule has 2 rings (SSSR count). The lowest BCUT2D eigenvalue weighted by Gasteiger charge is -1.90. The van der Waals surface area contributed by atoms with Crippen molar-refractivity contribution in [1.82, 2.24) is 0 Å². The first-order valence-electron chi connectivity index (χ1n) is 4.72. The molecule has 0 aliphatic heterocycles. The summed E-state index contributed by atoms with van der Waals surface area (Å²) in [5.41, 5.74) is 1.13. The van der Waals surface area contributed by atoms with Gasteiger partial charge in [0.05, 0.1) is 0 Å². The van der Waals surface area contributed by atoms with Crippen molar-refractivity contribution in [2.24, 2.45) is 0 Å². The minimum Gasteiger partial charge on any atom is -0.207 e. The standard InChI is InChI=1S/C7H7Cl.C6H4ClF/c1-6-4-2-3-5-7(6)8;7-5-1-3-6(8)4-2-5/h2-5H,1H3;1-4H. The number of aryl methyl sites for hydroxylation is 1. The van der Waals surface area contributed by atoms with Gasteiger partial charge in [0.1, 0.15) is 5.82 Å². The van der Waals surface area contributed by atoms with Crippen LogP contribution < -0.4 is 0 Å². The zero-order valence-corrected chi connectivity index (χ0v) is 10.3. The molecule has 0 unspecified atom stereocenters. The molecule has 0 nitrogen and oxygen atoms in total. The molecule has 0 N–H and O–H groups in total. The van der Waals surface area contributed by atoms with Gasteiger partial charge in [0.25, 0.3) is 0 Å². The summed E-state index contributed by atoms with van der Waals surface area (Å²) in [6, 6.07) is 13.4. The van der Waals surface area contributed by atoms with Crippen LogP contribution in [-0.4, -0.2) is 0 Å². The molecule has 0 spiro atoms. The summed E-state index contributed by atoms with van der Waals surface area (Å²) in [7, 11) is 0. The van der Waals surface area contributed by atoms with E-state index < -0.39 is 0 Å². The molecular formula is C13H11Cl2F. The van der Waals surface area contributed by atoms with E-state index >= 15 is 0 Å². The SMILES string of the molecule is Cc1ccccc1Cl.Fc1ccc(Cl)cc1. The highest BCUT2D eigenvalue weighted by molar-refractivity contribution is 6.31. The van der Waals surface area contributed by atoms with Gasteiger partial charge in [-0.3, -0.25) is 0 Å². The Balaban J connectivity index is 0.000000160. The second kappa shape index (κ2) is 6.51. The Hall–Kier alpha value is -1.05. The minimum atomic E-state index is -0.255. The summed E-state index contributed by atoms with van der Waals surface area (Å²) in [6.45, 7) is 1.99. The maximum Gasteiger partial charge on any atom is 0.123 e. The summed E-state index contributed by atoms with van der Waals surface area (Å²) in [4.78, 5) is 0. The van der Waals surface area contributed by atoms with Crippen LogP contribution in [0.4, 0.5) is 4.39 Å². The van der Waals surface area contributed by atoms with E-state index in [1.165, 1.54) is 24.3 Å². The van der Waals surface area contributed by atoms with E-state index in [0.29, 0.717) is 5.02 Å². The second-order valence-corrected chi connectivity index (χ2v) is 4.03. The van der Waals surface area contributed by atoms with E-state index in [-0.39, 0.29) is 5.82 Å². The van der Waals surface area contributed by atoms with Crippen molar-refractivity contribution >= 4 is 23.2 Å². The zero-order chi connectivity index (χ0) is 12.0. The number of halogens is 3. The van der Waals surface area contributed by atoms with Crippen molar-refractivity contribution in [1.29, 1.82) is 0 Å². The Morgan fingerprint density at radius 3 is 1.81 bits per heavy atom. The van der Waals surface area contributed by atoms with E-state index in [0.717, 1.165) is 10.6 Å². The highest BCUT2D eigenvalue weighted by Gasteiger charge is 1.86. The normalized spacial score (nSPS) is 9.25. The van der Waals surface area contributed by atoms with Gasteiger partial charge >= 0.3 is 0 Å². The summed E-state index contributed by atoms with van der Waals surface area (Å²) >= 11 is 11.2. The number of benzene rings is 2. The molecule has 0 saturated carbocycles. The van der Waals surface area contributed by atoms with Crippen LogP contribution in [0.3, 0.4) is 0 Å². The van der Waals surface area contributed by atoms with Gasteiger partial charge in [-0.25, -0.2) is 4.39 Å². The molecule has 2 aromatic carbocycles. The van der Waals surface area contributed by atoms with Gasteiger partial charge in [-0.2, -0.15) is 0 Å². The predicted molar refractivity (Wildman–Crippen MR) is 67.6 cm³/mol. The van der Waals surface area contributed by atoms with Crippen molar-refractivity contribution in [3.63, 3.8) is 0 Å². The lowest BCUT2D eigenvalue weighted by atomic mass is 10.2. The number of hydrogen-bond acceptors (Lipinski definition) is 0. The molecule has 16 heavy (non-hydrogen) atoms. The Morgan fingerprint density at radius 2 is 1.44 bits per heavy atom. The van der Waals surface area contributed by atoms with Gasteiger partial charge in [0.15, 0.2) is 0 Å². The van der Waals surface area contributed by atoms with Gasteiger partial charge in [-0.05, 0) is 42.8 Å². The van der Waals surface area contributed by atoms with Crippen LogP contribution in [0.15, 0.2) is 48.5 Å². The summed E-state index contributed by atoms with van der Waals surface area (Å²) in [5, 5.41) is 1.40. The molecule has 0 radical (unpaired) electrons. The van der Waals surface area contributed by atoms with Crippen molar-refractivity contribution in [3.8, 4) is 0 Å². The molecule has 0 atom stereocenters. The first-order chi connectivity index (χ1) is 7.59. The Labute approximate surface area is 105 Å².